The van der Waals surface area contributed by atoms with Gasteiger partial charge in [0.2, 0.25) is 5.91 Å². The molecule has 0 aliphatic carbocycles. The average molecular weight is 234 g/mol. The molecule has 0 bridgehead atoms. The third-order valence-corrected chi connectivity index (χ3v) is 2.42. The van der Waals surface area contributed by atoms with Crippen LogP contribution in [0.5, 0.6) is 0 Å². The Bertz CT molecular complexity index is 341. The van der Waals surface area contributed by atoms with Crippen molar-refractivity contribution in [2.75, 3.05) is 18.4 Å². The highest BCUT2D eigenvalue weighted by Crippen LogP contribution is 2.16. The number of anilines is 1. The van der Waals surface area contributed by atoms with Crippen molar-refractivity contribution in [3.8, 4) is 0 Å². The molecule has 0 spiro atoms. The number of para-hydroxylation sites is 1. The quantitative estimate of drug-likeness (QED) is 0.822. The Morgan fingerprint density at radius 2 is 1.82 bits per heavy atom. The molecule has 0 radical (unpaired) electrons. The monoisotopic (exact) mass is 234 g/mol. The highest BCUT2D eigenvalue weighted by atomic mass is 16.1. The summed E-state index contributed by atoms with van der Waals surface area (Å²) in [5, 5.41) is 5.99. The van der Waals surface area contributed by atoms with Gasteiger partial charge in [-0.3, -0.25) is 4.79 Å². The zero-order valence-electron chi connectivity index (χ0n) is 10.9. The van der Waals surface area contributed by atoms with Crippen molar-refractivity contribution in [1.29, 1.82) is 0 Å². The number of rotatable bonds is 5. The number of hydrogen-bond donors (Lipinski definition) is 2. The highest BCUT2D eigenvalue weighted by Gasteiger charge is 2.10. The molecule has 0 aromatic heterocycles. The summed E-state index contributed by atoms with van der Waals surface area (Å²) in [7, 11) is 0. The van der Waals surface area contributed by atoms with E-state index >= 15 is 0 Å². The fourth-order valence-electron chi connectivity index (χ4n) is 1.38. The molecule has 0 fully saturated rings. The van der Waals surface area contributed by atoms with E-state index in [2.05, 4.69) is 31.4 Å². The number of carbonyl (C=O) groups is 1. The van der Waals surface area contributed by atoms with Crippen molar-refractivity contribution in [1.82, 2.24) is 5.32 Å². The van der Waals surface area contributed by atoms with Crippen LogP contribution in [0.2, 0.25) is 0 Å². The van der Waals surface area contributed by atoms with E-state index in [1.165, 1.54) is 0 Å². The largest absolute Gasteiger partial charge is 0.376 e. The lowest BCUT2D eigenvalue weighted by Gasteiger charge is -2.18. The molecule has 0 aliphatic rings. The predicted octanol–water partition coefficient (Wildman–Crippen LogP) is 2.65. The van der Waals surface area contributed by atoms with Crippen LogP contribution in [0, 0.1) is 5.41 Å². The van der Waals surface area contributed by atoms with Gasteiger partial charge < -0.3 is 10.6 Å². The maximum Gasteiger partial charge on any atom is 0.239 e. The second kappa shape index (κ2) is 6.28. The summed E-state index contributed by atoms with van der Waals surface area (Å²) >= 11 is 0. The minimum atomic E-state index is 0.0399. The molecule has 1 aromatic carbocycles. The molecule has 3 nitrogen and oxygen atoms in total. The Balaban J connectivity index is 2.18. The maximum atomic E-state index is 11.5. The second-order valence-corrected chi connectivity index (χ2v) is 5.38. The zero-order chi connectivity index (χ0) is 12.7. The minimum absolute atomic E-state index is 0.0399. The van der Waals surface area contributed by atoms with Crippen LogP contribution in [0.4, 0.5) is 5.69 Å². The van der Waals surface area contributed by atoms with Crippen molar-refractivity contribution < 1.29 is 4.79 Å². The van der Waals surface area contributed by atoms with Crippen molar-refractivity contribution in [3.05, 3.63) is 30.3 Å². The molecule has 1 aromatic rings. The van der Waals surface area contributed by atoms with Crippen molar-refractivity contribution >= 4 is 11.6 Å². The van der Waals surface area contributed by atoms with Gasteiger partial charge in [0, 0.05) is 12.2 Å². The summed E-state index contributed by atoms with van der Waals surface area (Å²) in [4.78, 5) is 11.5. The standard InChI is InChI=1S/C14H22N2O/c1-14(2,3)9-10-15-13(17)11-16-12-7-5-4-6-8-12/h4-8,16H,9-11H2,1-3H3,(H,15,17). The molecule has 0 saturated heterocycles. The second-order valence-electron chi connectivity index (χ2n) is 5.38. The van der Waals surface area contributed by atoms with Gasteiger partial charge in [0.25, 0.3) is 0 Å². The lowest BCUT2D eigenvalue weighted by atomic mass is 9.92. The molecule has 2 N–H and O–H groups in total. The summed E-state index contributed by atoms with van der Waals surface area (Å²) < 4.78 is 0. The third kappa shape index (κ3) is 6.61. The molecule has 0 unspecified atom stereocenters. The summed E-state index contributed by atoms with van der Waals surface area (Å²) in [6, 6.07) is 9.74. The molecular formula is C14H22N2O. The molecule has 0 aliphatic heterocycles. The first kappa shape index (κ1) is 13.6. The van der Waals surface area contributed by atoms with Gasteiger partial charge in [-0.25, -0.2) is 0 Å². The van der Waals surface area contributed by atoms with E-state index in [1.54, 1.807) is 0 Å². The number of benzene rings is 1. The molecular weight excluding hydrogens is 212 g/mol. The molecule has 1 amide bonds. The molecule has 0 heterocycles. The summed E-state index contributed by atoms with van der Waals surface area (Å²) in [5.41, 5.74) is 1.23. The fourth-order valence-corrected chi connectivity index (χ4v) is 1.38. The Morgan fingerprint density at radius 1 is 1.18 bits per heavy atom. The molecule has 0 atom stereocenters. The van der Waals surface area contributed by atoms with E-state index in [4.69, 9.17) is 0 Å². The average Bonchev–Trinajstić information content (AvgIpc) is 2.26. The predicted molar refractivity (Wildman–Crippen MR) is 72.0 cm³/mol. The molecule has 94 valence electrons. The summed E-state index contributed by atoms with van der Waals surface area (Å²) in [6.07, 6.45) is 0.990. The fraction of sp³-hybridized carbons (Fsp3) is 0.500. The number of carbonyl (C=O) groups excluding carboxylic acids is 1. The Kier molecular flexibility index (Phi) is 5.01. The smallest absolute Gasteiger partial charge is 0.239 e. The topological polar surface area (TPSA) is 41.1 Å². The van der Waals surface area contributed by atoms with E-state index in [0.29, 0.717) is 6.54 Å². The van der Waals surface area contributed by atoms with Crippen molar-refractivity contribution in [2.24, 2.45) is 5.41 Å². The molecule has 1 rings (SSSR count). The van der Waals surface area contributed by atoms with E-state index in [0.717, 1.165) is 18.7 Å². The third-order valence-electron chi connectivity index (χ3n) is 2.42. The first-order chi connectivity index (χ1) is 7.97. The van der Waals surface area contributed by atoms with Crippen LogP contribution < -0.4 is 10.6 Å². The highest BCUT2D eigenvalue weighted by molar-refractivity contribution is 5.80. The SMILES string of the molecule is CC(C)(C)CCNC(=O)CNc1ccccc1. The zero-order valence-corrected chi connectivity index (χ0v) is 10.9. The van der Waals surface area contributed by atoms with Crippen LogP contribution in [0.1, 0.15) is 27.2 Å². The summed E-state index contributed by atoms with van der Waals surface area (Å²) in [6.45, 7) is 7.57. The van der Waals surface area contributed by atoms with Crippen molar-refractivity contribution in [3.63, 3.8) is 0 Å². The Hall–Kier alpha value is -1.51. The van der Waals surface area contributed by atoms with Gasteiger partial charge in [-0.15, -0.1) is 0 Å². The summed E-state index contributed by atoms with van der Waals surface area (Å²) in [5.74, 6) is 0.0399. The number of hydrogen-bond acceptors (Lipinski definition) is 2. The normalized spacial score (nSPS) is 11.0. The van der Waals surface area contributed by atoms with Crippen LogP contribution in [0.15, 0.2) is 30.3 Å². The van der Waals surface area contributed by atoms with E-state index in [-0.39, 0.29) is 11.3 Å². The Labute approximate surface area is 104 Å². The van der Waals surface area contributed by atoms with Gasteiger partial charge >= 0.3 is 0 Å². The minimum Gasteiger partial charge on any atom is -0.376 e. The first-order valence-electron chi connectivity index (χ1n) is 6.03. The van der Waals surface area contributed by atoms with Gasteiger partial charge in [-0.05, 0) is 24.0 Å². The van der Waals surface area contributed by atoms with Gasteiger partial charge in [0.15, 0.2) is 0 Å². The van der Waals surface area contributed by atoms with Crippen LogP contribution in [-0.4, -0.2) is 19.0 Å². The van der Waals surface area contributed by atoms with E-state index in [1.807, 2.05) is 30.3 Å². The van der Waals surface area contributed by atoms with E-state index < -0.39 is 0 Å². The molecule has 17 heavy (non-hydrogen) atoms. The lowest BCUT2D eigenvalue weighted by Crippen LogP contribution is -2.32. The van der Waals surface area contributed by atoms with Crippen LogP contribution in [0.25, 0.3) is 0 Å². The molecule has 3 heteroatoms. The van der Waals surface area contributed by atoms with Gasteiger partial charge in [-0.2, -0.15) is 0 Å². The van der Waals surface area contributed by atoms with Crippen LogP contribution >= 0.6 is 0 Å². The first-order valence-corrected chi connectivity index (χ1v) is 6.03. The van der Waals surface area contributed by atoms with Gasteiger partial charge in [0.1, 0.15) is 0 Å². The van der Waals surface area contributed by atoms with Crippen LogP contribution in [-0.2, 0) is 4.79 Å². The van der Waals surface area contributed by atoms with Gasteiger partial charge in [-0.1, -0.05) is 39.0 Å². The maximum absolute atomic E-state index is 11.5. The number of nitrogens with one attached hydrogen (secondary N) is 2. The molecule has 0 saturated carbocycles. The number of amides is 1. The van der Waals surface area contributed by atoms with Gasteiger partial charge in [0.05, 0.1) is 6.54 Å². The lowest BCUT2D eigenvalue weighted by molar-refractivity contribution is -0.119. The van der Waals surface area contributed by atoms with E-state index in [9.17, 15) is 4.79 Å². The Morgan fingerprint density at radius 3 is 2.41 bits per heavy atom. The van der Waals surface area contributed by atoms with Crippen LogP contribution in [0.3, 0.4) is 0 Å². The van der Waals surface area contributed by atoms with Crippen molar-refractivity contribution in [2.45, 2.75) is 27.2 Å².